The molecule has 7 nitrogen and oxygen atoms in total. The van der Waals surface area contributed by atoms with E-state index in [1.165, 1.54) is 11.8 Å². The maximum Gasteiger partial charge on any atom is 0.230 e. The number of thioether (sulfide) groups is 1. The van der Waals surface area contributed by atoms with Gasteiger partial charge in [0, 0.05) is 17.8 Å². The van der Waals surface area contributed by atoms with Crippen LogP contribution in [0.1, 0.15) is 16.8 Å². The fourth-order valence-corrected chi connectivity index (χ4v) is 4.44. The van der Waals surface area contributed by atoms with E-state index in [0.29, 0.717) is 18.0 Å². The molecule has 0 saturated heterocycles. The summed E-state index contributed by atoms with van der Waals surface area (Å²) < 4.78 is 12.6. The van der Waals surface area contributed by atoms with Crippen LogP contribution in [0.3, 0.4) is 0 Å². The summed E-state index contributed by atoms with van der Waals surface area (Å²) in [7, 11) is 3.22. The van der Waals surface area contributed by atoms with Gasteiger partial charge in [-0.15, -0.1) is 0 Å². The average Bonchev–Trinajstić information content (AvgIpc) is 3.25. The molecule has 0 aliphatic carbocycles. The molecular weight excluding hydrogens is 436 g/mol. The third-order valence-corrected chi connectivity index (χ3v) is 6.34. The van der Waals surface area contributed by atoms with Gasteiger partial charge >= 0.3 is 0 Å². The molecule has 2 heterocycles. The van der Waals surface area contributed by atoms with Gasteiger partial charge < -0.3 is 14.8 Å². The van der Waals surface area contributed by atoms with E-state index in [-0.39, 0.29) is 11.7 Å². The lowest BCUT2D eigenvalue weighted by Crippen LogP contribution is -2.25. The van der Waals surface area contributed by atoms with Crippen molar-refractivity contribution >= 4 is 23.3 Å². The molecule has 2 aromatic heterocycles. The number of amides is 1. The number of methoxy groups -OCH3 is 2. The van der Waals surface area contributed by atoms with E-state index in [0.717, 1.165) is 38.6 Å². The molecule has 4 aromatic rings. The van der Waals surface area contributed by atoms with Crippen LogP contribution >= 0.6 is 11.8 Å². The van der Waals surface area contributed by atoms with Crippen LogP contribution < -0.4 is 14.8 Å². The highest BCUT2D eigenvalue weighted by atomic mass is 32.2. The second kappa shape index (κ2) is 9.95. The topological polar surface area (TPSA) is 77.8 Å². The molecule has 4 rings (SSSR count). The minimum absolute atomic E-state index is 0.0295. The summed E-state index contributed by atoms with van der Waals surface area (Å²) in [5.41, 5.74) is 5.66. The first kappa shape index (κ1) is 22.7. The number of ether oxygens (including phenoxy) is 2. The van der Waals surface area contributed by atoms with Gasteiger partial charge in [0.25, 0.3) is 0 Å². The Morgan fingerprint density at radius 1 is 1.06 bits per heavy atom. The normalized spacial score (nSPS) is 10.9. The first-order valence-corrected chi connectivity index (χ1v) is 11.5. The summed E-state index contributed by atoms with van der Waals surface area (Å²) in [5, 5.41) is 8.40. The number of fused-ring (bicyclic) bond motifs is 1. The van der Waals surface area contributed by atoms with Gasteiger partial charge in [-0.2, -0.15) is 5.10 Å². The van der Waals surface area contributed by atoms with Gasteiger partial charge in [-0.25, -0.2) is 9.50 Å². The van der Waals surface area contributed by atoms with E-state index in [1.54, 1.807) is 24.9 Å². The molecule has 0 atom stereocenters. The summed E-state index contributed by atoms with van der Waals surface area (Å²) >= 11 is 1.44. The summed E-state index contributed by atoms with van der Waals surface area (Å²) in [6, 6.07) is 15.7. The predicted octanol–water partition coefficient (Wildman–Crippen LogP) is 4.44. The molecular formula is C25H26N4O3S. The van der Waals surface area contributed by atoms with E-state index < -0.39 is 0 Å². The lowest BCUT2D eigenvalue weighted by atomic mass is 10.1. The van der Waals surface area contributed by atoms with Crippen molar-refractivity contribution in [2.45, 2.75) is 25.4 Å². The third kappa shape index (κ3) is 4.96. The molecule has 0 fully saturated rings. The molecule has 0 aliphatic rings. The summed E-state index contributed by atoms with van der Waals surface area (Å²) in [4.78, 5) is 17.2. The Labute approximate surface area is 197 Å². The SMILES string of the molecule is COc1ccc(-c2cnn3c(SCC(=O)NCc4ccccc4C)cc(C)nc23)cc1OC. The van der Waals surface area contributed by atoms with E-state index in [1.807, 2.05) is 62.4 Å². The minimum Gasteiger partial charge on any atom is -0.493 e. The maximum atomic E-state index is 12.5. The van der Waals surface area contributed by atoms with Crippen LogP contribution in [0.4, 0.5) is 0 Å². The number of rotatable bonds is 8. The predicted molar refractivity (Wildman–Crippen MR) is 130 cm³/mol. The van der Waals surface area contributed by atoms with Crippen molar-refractivity contribution < 1.29 is 14.3 Å². The number of nitrogens with one attached hydrogen (secondary N) is 1. The summed E-state index contributed by atoms with van der Waals surface area (Å²) in [6.07, 6.45) is 1.78. The van der Waals surface area contributed by atoms with Crippen molar-refractivity contribution in [3.8, 4) is 22.6 Å². The standard InChI is InChI=1S/C25H26N4O3S/c1-16-7-5-6-8-19(16)13-26-23(30)15-33-24-11-17(2)28-25-20(14-27-29(24)25)18-9-10-21(31-3)22(12-18)32-4/h5-12,14H,13,15H2,1-4H3,(H,26,30). The van der Waals surface area contributed by atoms with Crippen LogP contribution in [-0.4, -0.2) is 40.5 Å². The average molecular weight is 463 g/mol. The van der Waals surface area contributed by atoms with Crippen molar-refractivity contribution in [1.82, 2.24) is 19.9 Å². The molecule has 170 valence electrons. The second-order valence-corrected chi connectivity index (χ2v) is 8.59. The molecule has 1 N–H and O–H groups in total. The lowest BCUT2D eigenvalue weighted by molar-refractivity contribution is -0.118. The third-order valence-electron chi connectivity index (χ3n) is 5.35. The monoisotopic (exact) mass is 462 g/mol. The van der Waals surface area contributed by atoms with Crippen molar-refractivity contribution in [3.63, 3.8) is 0 Å². The number of hydrogen-bond acceptors (Lipinski definition) is 6. The number of aryl methyl sites for hydroxylation is 2. The molecule has 1 amide bonds. The van der Waals surface area contributed by atoms with Gasteiger partial charge in [0.05, 0.1) is 26.2 Å². The van der Waals surface area contributed by atoms with Gasteiger partial charge in [0.1, 0.15) is 5.03 Å². The molecule has 0 bridgehead atoms. The van der Waals surface area contributed by atoms with Crippen molar-refractivity contribution in [2.75, 3.05) is 20.0 Å². The summed E-state index contributed by atoms with van der Waals surface area (Å²) in [6.45, 7) is 4.50. The first-order chi connectivity index (χ1) is 16.0. The van der Waals surface area contributed by atoms with E-state index in [2.05, 4.69) is 10.4 Å². The quantitative estimate of drug-likeness (QED) is 0.308. The smallest absolute Gasteiger partial charge is 0.230 e. The molecule has 0 spiro atoms. The Morgan fingerprint density at radius 3 is 2.61 bits per heavy atom. The maximum absolute atomic E-state index is 12.5. The van der Waals surface area contributed by atoms with E-state index >= 15 is 0 Å². The Hall–Kier alpha value is -3.52. The zero-order chi connectivity index (χ0) is 23.4. The van der Waals surface area contributed by atoms with Crippen molar-refractivity contribution in [2.24, 2.45) is 0 Å². The van der Waals surface area contributed by atoms with Crippen molar-refractivity contribution in [3.05, 3.63) is 71.5 Å². The Balaban J connectivity index is 1.53. The number of nitrogens with zero attached hydrogens (tertiary/aromatic N) is 3. The van der Waals surface area contributed by atoms with E-state index in [4.69, 9.17) is 14.5 Å². The number of aromatic nitrogens is 3. The van der Waals surface area contributed by atoms with Gasteiger partial charge in [-0.05, 0) is 48.7 Å². The molecule has 2 aromatic carbocycles. The highest BCUT2D eigenvalue weighted by molar-refractivity contribution is 7.99. The Bertz CT molecular complexity index is 1300. The second-order valence-electron chi connectivity index (χ2n) is 7.59. The van der Waals surface area contributed by atoms with Crippen LogP contribution in [0.25, 0.3) is 16.8 Å². The van der Waals surface area contributed by atoms with Gasteiger partial charge in [-0.1, -0.05) is 42.1 Å². The van der Waals surface area contributed by atoms with Gasteiger partial charge in [-0.3, -0.25) is 4.79 Å². The largest absolute Gasteiger partial charge is 0.493 e. The van der Waals surface area contributed by atoms with Crippen LogP contribution in [0.2, 0.25) is 0 Å². The molecule has 8 heteroatoms. The highest BCUT2D eigenvalue weighted by Crippen LogP contribution is 2.34. The van der Waals surface area contributed by atoms with Crippen LogP contribution in [0.15, 0.2) is 59.8 Å². The van der Waals surface area contributed by atoms with Crippen molar-refractivity contribution in [1.29, 1.82) is 0 Å². The highest BCUT2D eigenvalue weighted by Gasteiger charge is 2.15. The fraction of sp³-hybridized carbons (Fsp3) is 0.240. The Kier molecular flexibility index (Phi) is 6.84. The number of carbonyl (C=O) groups is 1. The van der Waals surface area contributed by atoms with Crippen LogP contribution in [-0.2, 0) is 11.3 Å². The van der Waals surface area contributed by atoms with Gasteiger partial charge in [0.2, 0.25) is 5.91 Å². The lowest BCUT2D eigenvalue weighted by Gasteiger charge is -2.10. The molecule has 0 saturated carbocycles. The first-order valence-electron chi connectivity index (χ1n) is 10.5. The number of benzene rings is 2. The summed E-state index contributed by atoms with van der Waals surface area (Å²) in [5.74, 6) is 1.56. The molecule has 0 unspecified atom stereocenters. The van der Waals surface area contributed by atoms with Crippen LogP contribution in [0, 0.1) is 13.8 Å². The molecule has 0 aliphatic heterocycles. The minimum atomic E-state index is -0.0295. The zero-order valence-corrected chi connectivity index (χ0v) is 19.9. The number of carbonyl (C=O) groups excluding carboxylic acids is 1. The molecule has 33 heavy (non-hydrogen) atoms. The van der Waals surface area contributed by atoms with E-state index in [9.17, 15) is 4.79 Å². The molecule has 0 radical (unpaired) electrons. The van der Waals surface area contributed by atoms with Crippen LogP contribution in [0.5, 0.6) is 11.5 Å². The zero-order valence-electron chi connectivity index (χ0n) is 19.1. The van der Waals surface area contributed by atoms with Gasteiger partial charge in [0.15, 0.2) is 17.1 Å². The Morgan fingerprint density at radius 2 is 1.85 bits per heavy atom. The fourth-order valence-electron chi connectivity index (χ4n) is 3.55. The number of hydrogen-bond donors (Lipinski definition) is 1.